The third-order valence-corrected chi connectivity index (χ3v) is 0. The Bertz CT molecular complexity index is 35.5. The number of hydrogen-bond donors (Lipinski definition) is 0. The van der Waals surface area contributed by atoms with Crippen molar-refractivity contribution >= 4 is 31.1 Å². The van der Waals surface area contributed by atoms with E-state index in [0.29, 0.717) is 0 Å². The summed E-state index contributed by atoms with van der Waals surface area (Å²) in [6, 6.07) is 0. The first kappa shape index (κ1) is 34.9. The van der Waals surface area contributed by atoms with Gasteiger partial charge in [-0.05, 0) is 21.9 Å². The van der Waals surface area contributed by atoms with E-state index in [-0.39, 0.29) is 59.7 Å². The summed E-state index contributed by atoms with van der Waals surface area (Å²) in [4.78, 5) is 17.0. The molecule has 0 aromatic carbocycles. The van der Waals surface area contributed by atoms with Crippen molar-refractivity contribution in [3.8, 4) is 0 Å². The van der Waals surface area contributed by atoms with E-state index in [2.05, 4.69) is 0 Å². The predicted molar refractivity (Wildman–Crippen MR) is 29.1 cm³/mol. The summed E-state index contributed by atoms with van der Waals surface area (Å²) in [5.74, 6) is 0. The van der Waals surface area contributed by atoms with Crippen molar-refractivity contribution in [3.63, 3.8) is 0 Å². The van der Waals surface area contributed by atoms with Gasteiger partial charge in [0.25, 0.3) is 0 Å². The minimum absolute atomic E-state index is 0. The first-order valence-electron chi connectivity index (χ1n) is 0.612. The molecule has 40 valence electrons. The molecule has 0 amide bonds. The topological polar surface area (TPSA) is 63.2 Å². The van der Waals surface area contributed by atoms with Gasteiger partial charge in [0.05, 0.1) is 0 Å². The minimum Gasteiger partial charge on any atom is -0.672 e. The molecule has 0 aromatic rings. The van der Waals surface area contributed by atoms with Gasteiger partial charge in [-0.3, -0.25) is 0 Å². The molecule has 8 heavy (non-hydrogen) atoms. The van der Waals surface area contributed by atoms with E-state index < -0.39 is 9.17 Å². The molecule has 0 rings (SSSR count). The molecule has 0 atom stereocenters. The van der Waals surface area contributed by atoms with Gasteiger partial charge in [0.1, 0.15) is 0 Å². The summed E-state index contributed by atoms with van der Waals surface area (Å²) >= 11 is 0. The Kier molecular flexibility index (Phi) is 105. The Hall–Kier alpha value is 1.25. The van der Waals surface area contributed by atoms with E-state index in [9.17, 15) is 0 Å². The molecule has 0 aliphatic rings. The Morgan fingerprint density at radius 1 is 1.00 bits per heavy atom. The van der Waals surface area contributed by atoms with Gasteiger partial charge in [-0.25, -0.2) is 0 Å². The normalized spacial score (nSPS) is 3.00. The van der Waals surface area contributed by atoms with Crippen molar-refractivity contribution in [2.24, 2.45) is 0 Å². The van der Waals surface area contributed by atoms with Crippen LogP contribution in [0.1, 0.15) is 0 Å². The molecule has 0 spiro atoms. The van der Waals surface area contributed by atoms with E-state index in [1.54, 1.807) is 0 Å². The molecule has 0 unspecified atom stereocenters. The van der Waals surface area contributed by atoms with Crippen LogP contribution in [-0.2, 0) is 4.46 Å². The second-order valence-corrected chi connectivity index (χ2v) is 0.750. The molecule has 0 fully saturated rings. The van der Waals surface area contributed by atoms with Crippen molar-refractivity contribution < 1.29 is 51.8 Å². The third-order valence-electron chi connectivity index (χ3n) is 0. The summed E-state index contributed by atoms with van der Waals surface area (Å²) in [5.41, 5.74) is 0. The third kappa shape index (κ3) is 182. The Morgan fingerprint density at radius 2 is 1.00 bits per heavy atom. The number of rotatable bonds is 0. The minimum atomic E-state index is -3.63. The molecule has 0 aromatic heterocycles. The Balaban J connectivity index is -0.00000000750. The first-order valence-corrected chi connectivity index (χ1v) is 1.84. The van der Waals surface area contributed by atoms with Crippen LogP contribution in [0.5, 0.6) is 0 Å². The molecule has 0 bridgehead atoms. The van der Waals surface area contributed by atoms with Crippen molar-refractivity contribution in [1.82, 2.24) is 0 Å². The molecule has 0 heterocycles. The molecule has 0 saturated carbocycles. The summed E-state index contributed by atoms with van der Waals surface area (Å²) < 4.78 is 8.52. The van der Waals surface area contributed by atoms with Crippen LogP contribution in [0.2, 0.25) is 0 Å². The van der Waals surface area contributed by atoms with Crippen molar-refractivity contribution in [2.45, 2.75) is 0 Å². The first-order chi connectivity index (χ1) is 1.73. The van der Waals surface area contributed by atoms with Crippen LogP contribution in [0.25, 0.3) is 0 Å². The van der Waals surface area contributed by atoms with E-state index >= 15 is 0 Å². The van der Waals surface area contributed by atoms with Gasteiger partial charge in [0, 0.05) is 9.17 Å². The average Bonchev–Trinajstić information content (AvgIpc) is 0.811. The molecular formula is H8Li2O3Si3. The molecule has 0 radical (unpaired) electrons. The molecule has 0 N–H and O–H groups in total. The maximum Gasteiger partial charge on any atom is 1.00 e. The fourth-order valence-corrected chi connectivity index (χ4v) is 0. The molecule has 0 aliphatic carbocycles. The Morgan fingerprint density at radius 3 is 1.00 bits per heavy atom. The van der Waals surface area contributed by atoms with Crippen LogP contribution in [0.15, 0.2) is 0 Å². The van der Waals surface area contributed by atoms with Crippen molar-refractivity contribution in [3.05, 3.63) is 0 Å². The average molecular weight is 154 g/mol. The van der Waals surface area contributed by atoms with Gasteiger partial charge < -0.3 is 14.1 Å². The van der Waals surface area contributed by atoms with E-state index in [4.69, 9.17) is 14.1 Å². The second-order valence-electron chi connectivity index (χ2n) is 0.250. The van der Waals surface area contributed by atoms with Gasteiger partial charge in [0.2, 0.25) is 0 Å². The van der Waals surface area contributed by atoms with Crippen LogP contribution >= 0.6 is 0 Å². The number of hydrogen-bond acceptors (Lipinski definition) is 3. The zero-order valence-corrected chi connectivity index (χ0v) is 4.72. The van der Waals surface area contributed by atoms with Gasteiger partial charge in [0.15, 0.2) is 0 Å². The summed E-state index contributed by atoms with van der Waals surface area (Å²) in [5, 5.41) is 0. The summed E-state index contributed by atoms with van der Waals surface area (Å²) in [6.45, 7) is 0. The van der Waals surface area contributed by atoms with Crippen molar-refractivity contribution in [2.75, 3.05) is 0 Å². The molecule has 8 heteroatoms. The van der Waals surface area contributed by atoms with Crippen LogP contribution in [-0.4, -0.2) is 31.1 Å². The monoisotopic (exact) mass is 154 g/mol. The van der Waals surface area contributed by atoms with Crippen molar-refractivity contribution in [1.29, 1.82) is 0 Å². The standard InChI is InChI=1S/2Li.O3Si.2H4Si/c;;1-4(2)3;;/h;;;2*1H4/q2*+1;-2;;. The van der Waals surface area contributed by atoms with Crippen LogP contribution < -0.4 is 47.3 Å². The zero-order valence-electron chi connectivity index (χ0n) is 3.72. The molecule has 3 nitrogen and oxygen atoms in total. The van der Waals surface area contributed by atoms with Crippen LogP contribution in [0.4, 0.5) is 0 Å². The fourth-order valence-electron chi connectivity index (χ4n) is 0. The molecular weight excluding hydrogens is 146 g/mol. The second kappa shape index (κ2) is 24.0. The van der Waals surface area contributed by atoms with E-state index in [0.717, 1.165) is 0 Å². The quantitative estimate of drug-likeness (QED) is 0.325. The maximum absolute atomic E-state index is 8.52. The van der Waals surface area contributed by atoms with Gasteiger partial charge in [-0.1, -0.05) is 0 Å². The molecule has 0 aliphatic heterocycles. The van der Waals surface area contributed by atoms with Crippen LogP contribution in [0.3, 0.4) is 0 Å². The summed E-state index contributed by atoms with van der Waals surface area (Å²) in [7, 11) is -3.63. The van der Waals surface area contributed by atoms with Crippen LogP contribution in [0, 0.1) is 0 Å². The zero-order chi connectivity index (χ0) is 3.58. The van der Waals surface area contributed by atoms with Gasteiger partial charge >= 0.3 is 37.7 Å². The predicted octanol–water partition coefficient (Wildman–Crippen LogP) is -11.8. The maximum atomic E-state index is 8.52. The van der Waals surface area contributed by atoms with E-state index in [1.165, 1.54) is 0 Å². The van der Waals surface area contributed by atoms with Gasteiger partial charge in [-0.15, -0.1) is 0 Å². The Labute approximate surface area is 82.6 Å². The molecule has 0 saturated heterocycles. The fraction of sp³-hybridized carbons (Fsp3) is 0. The van der Waals surface area contributed by atoms with Gasteiger partial charge in [-0.2, -0.15) is 0 Å². The van der Waals surface area contributed by atoms with E-state index in [1.807, 2.05) is 0 Å². The summed E-state index contributed by atoms with van der Waals surface area (Å²) in [6.07, 6.45) is 0. The largest absolute Gasteiger partial charge is 1.00 e. The smallest absolute Gasteiger partial charge is 0.672 e. The SMILES string of the molecule is O=[Si]([O-])[O-].[Li+].[Li+].[SiH4].[SiH4].